The van der Waals surface area contributed by atoms with Crippen LogP contribution in [0.25, 0.3) is 6.08 Å². The minimum atomic E-state index is -3.92. The molecule has 0 aromatic carbocycles. The Hall–Kier alpha value is -4.20. The molecule has 5 atom stereocenters. The van der Waals surface area contributed by atoms with Crippen LogP contribution in [-0.4, -0.2) is 84.2 Å². The average molecular weight is 684 g/mol. The van der Waals surface area contributed by atoms with Gasteiger partial charge in [0.2, 0.25) is 21.8 Å². The molecular weight excluding hydrogens is 638 g/mol. The molecule has 2 aliphatic carbocycles. The molecule has 3 N–H and O–H groups in total. The summed E-state index contributed by atoms with van der Waals surface area (Å²) in [5.41, 5.74) is -1.76. The monoisotopic (exact) mass is 683 g/mol. The van der Waals surface area contributed by atoms with Crippen molar-refractivity contribution in [3.05, 3.63) is 54.9 Å². The SMILES string of the molecule is C=C[C@@H]1C=C[C@]1(NC(=O)[C@@H]1C[C@@H]2CN1C(=O)[C@H](C(C)(C)C)NC(=O)OCCCCC/C=C/c1cnccc1O2)C(=O)NS(=O)(=O)C1CC1. The lowest BCUT2D eigenvalue weighted by molar-refractivity contribution is -0.143. The summed E-state index contributed by atoms with van der Waals surface area (Å²) in [4.78, 5) is 60.5. The molecule has 2 aliphatic heterocycles. The molecule has 3 heterocycles. The molecular formula is C34H45N5O8S. The van der Waals surface area contributed by atoms with E-state index in [9.17, 15) is 27.6 Å². The third-order valence-corrected chi connectivity index (χ3v) is 10.9. The van der Waals surface area contributed by atoms with Crippen LogP contribution >= 0.6 is 0 Å². The number of fused-ring (bicyclic) bond motifs is 3. The fraction of sp³-hybridized carbons (Fsp3) is 0.559. The second kappa shape index (κ2) is 14.1. The first kappa shape index (κ1) is 35.1. The van der Waals surface area contributed by atoms with Gasteiger partial charge in [-0.05, 0) is 50.0 Å². The Morgan fingerprint density at radius 3 is 2.62 bits per heavy atom. The van der Waals surface area contributed by atoms with Crippen molar-refractivity contribution in [2.24, 2.45) is 11.3 Å². The van der Waals surface area contributed by atoms with Crippen molar-refractivity contribution in [2.75, 3.05) is 13.2 Å². The Bertz CT molecular complexity index is 1600. The van der Waals surface area contributed by atoms with Gasteiger partial charge in [0.25, 0.3) is 5.91 Å². The number of hydrogen-bond acceptors (Lipinski definition) is 9. The van der Waals surface area contributed by atoms with Crippen LogP contribution in [-0.2, 0) is 29.1 Å². The zero-order chi connectivity index (χ0) is 34.7. The summed E-state index contributed by atoms with van der Waals surface area (Å²) >= 11 is 0. The fourth-order valence-corrected chi connectivity index (χ4v) is 7.46. The molecule has 4 amide bonds. The van der Waals surface area contributed by atoms with E-state index < -0.39 is 74.1 Å². The predicted molar refractivity (Wildman–Crippen MR) is 178 cm³/mol. The Morgan fingerprint density at radius 1 is 1.19 bits per heavy atom. The van der Waals surface area contributed by atoms with Gasteiger partial charge in [0.15, 0.2) is 0 Å². The predicted octanol–water partition coefficient (Wildman–Crippen LogP) is 2.99. The van der Waals surface area contributed by atoms with E-state index >= 15 is 0 Å². The summed E-state index contributed by atoms with van der Waals surface area (Å²) in [6.07, 6.45) is 14.5. The van der Waals surface area contributed by atoms with Crippen molar-refractivity contribution in [3.8, 4) is 5.75 Å². The third-order valence-electron chi connectivity index (χ3n) is 9.12. The van der Waals surface area contributed by atoms with Gasteiger partial charge >= 0.3 is 6.09 Å². The number of alkyl carbamates (subject to hydrolysis) is 1. The van der Waals surface area contributed by atoms with Gasteiger partial charge in [-0.3, -0.25) is 24.1 Å². The number of carbonyl (C=O) groups is 4. The highest BCUT2D eigenvalue weighted by molar-refractivity contribution is 7.91. The second-order valence-electron chi connectivity index (χ2n) is 13.9. The molecule has 1 saturated heterocycles. The van der Waals surface area contributed by atoms with Gasteiger partial charge in [-0.1, -0.05) is 51.2 Å². The second-order valence-corrected chi connectivity index (χ2v) is 15.8. The number of hydrogen-bond donors (Lipinski definition) is 3. The largest absolute Gasteiger partial charge is 0.488 e. The quantitative estimate of drug-likeness (QED) is 0.381. The number of carbonyl (C=O) groups excluding carboxylic acids is 4. The van der Waals surface area contributed by atoms with Gasteiger partial charge in [-0.15, -0.1) is 6.58 Å². The van der Waals surface area contributed by atoms with Crippen molar-refractivity contribution >= 4 is 39.9 Å². The number of aromatic nitrogens is 1. The molecule has 1 aromatic rings. The summed E-state index contributed by atoms with van der Waals surface area (Å²) in [7, 11) is -3.92. The number of rotatable bonds is 6. The van der Waals surface area contributed by atoms with E-state index in [1.165, 1.54) is 17.1 Å². The highest BCUT2D eigenvalue weighted by atomic mass is 32.2. The van der Waals surface area contributed by atoms with Crippen molar-refractivity contribution in [1.82, 2.24) is 25.2 Å². The van der Waals surface area contributed by atoms with Crippen LogP contribution in [0.2, 0.25) is 0 Å². The molecule has 14 heteroatoms. The molecule has 0 radical (unpaired) electrons. The lowest BCUT2D eigenvalue weighted by Crippen LogP contribution is -2.67. The lowest BCUT2D eigenvalue weighted by Gasteiger charge is -2.42. The number of nitrogens with one attached hydrogen (secondary N) is 3. The van der Waals surface area contributed by atoms with Crippen LogP contribution in [0.3, 0.4) is 0 Å². The van der Waals surface area contributed by atoms with Gasteiger partial charge in [0.05, 0.1) is 18.4 Å². The number of allylic oxidation sites excluding steroid dienone is 1. The zero-order valence-corrected chi connectivity index (χ0v) is 28.5. The maximum absolute atomic E-state index is 14.3. The van der Waals surface area contributed by atoms with Crippen LogP contribution in [0.5, 0.6) is 5.75 Å². The zero-order valence-electron chi connectivity index (χ0n) is 27.6. The molecule has 1 aromatic heterocycles. The van der Waals surface area contributed by atoms with Crippen LogP contribution in [0, 0.1) is 11.3 Å². The van der Waals surface area contributed by atoms with E-state index in [-0.39, 0.29) is 19.6 Å². The van der Waals surface area contributed by atoms with Gasteiger partial charge in [0, 0.05) is 30.3 Å². The first-order chi connectivity index (χ1) is 22.7. The van der Waals surface area contributed by atoms with Gasteiger partial charge < -0.3 is 25.0 Å². The number of amides is 4. The summed E-state index contributed by atoms with van der Waals surface area (Å²) in [5.74, 6) is -2.27. The fourth-order valence-electron chi connectivity index (χ4n) is 6.11. The molecule has 4 aliphatic rings. The number of cyclic esters (lactones) is 1. The molecule has 2 bridgehead atoms. The number of pyridine rings is 1. The summed E-state index contributed by atoms with van der Waals surface area (Å²) in [6, 6.07) is -0.472. The smallest absolute Gasteiger partial charge is 0.407 e. The van der Waals surface area contributed by atoms with E-state index in [1.54, 1.807) is 45.3 Å². The molecule has 5 rings (SSSR count). The summed E-state index contributed by atoms with van der Waals surface area (Å²) in [6.45, 7) is 9.34. The van der Waals surface area contributed by atoms with Gasteiger partial charge in [0.1, 0.15) is 29.5 Å². The third kappa shape index (κ3) is 7.74. The average Bonchev–Trinajstić information content (AvgIpc) is 3.80. The summed E-state index contributed by atoms with van der Waals surface area (Å²) < 4.78 is 39.3. The van der Waals surface area contributed by atoms with Crippen LogP contribution in [0.4, 0.5) is 4.79 Å². The molecule has 48 heavy (non-hydrogen) atoms. The molecule has 13 nitrogen and oxygen atoms in total. The highest BCUT2D eigenvalue weighted by Crippen LogP contribution is 2.36. The highest BCUT2D eigenvalue weighted by Gasteiger charge is 2.53. The maximum atomic E-state index is 14.3. The Kier molecular flexibility index (Phi) is 10.3. The van der Waals surface area contributed by atoms with Crippen LogP contribution in [0.1, 0.15) is 71.3 Å². The maximum Gasteiger partial charge on any atom is 0.407 e. The van der Waals surface area contributed by atoms with Gasteiger partial charge in [-0.25, -0.2) is 13.2 Å². The molecule has 1 saturated carbocycles. The first-order valence-corrected chi connectivity index (χ1v) is 18.0. The summed E-state index contributed by atoms with van der Waals surface area (Å²) in [5, 5.41) is 4.83. The number of sulfonamides is 1. The molecule has 0 spiro atoms. The van der Waals surface area contributed by atoms with Crippen LogP contribution < -0.4 is 20.1 Å². The van der Waals surface area contributed by atoms with Gasteiger partial charge in [-0.2, -0.15) is 0 Å². The lowest BCUT2D eigenvalue weighted by atomic mass is 9.73. The van der Waals surface area contributed by atoms with Crippen molar-refractivity contribution in [3.63, 3.8) is 0 Å². The van der Waals surface area contributed by atoms with E-state index in [2.05, 4.69) is 26.9 Å². The van der Waals surface area contributed by atoms with E-state index in [4.69, 9.17) is 9.47 Å². The molecule has 260 valence electrons. The van der Waals surface area contributed by atoms with E-state index in [0.29, 0.717) is 25.0 Å². The normalized spacial score (nSPS) is 29.0. The number of ether oxygens (including phenoxy) is 2. The van der Waals surface area contributed by atoms with Crippen LogP contribution in [0.15, 0.2) is 49.3 Å². The number of nitrogens with zero attached hydrogens (tertiary/aromatic N) is 2. The minimum absolute atomic E-state index is 0.00167. The topological polar surface area (TPSA) is 173 Å². The molecule has 2 fully saturated rings. The minimum Gasteiger partial charge on any atom is -0.488 e. The van der Waals surface area contributed by atoms with Crippen molar-refractivity contribution in [2.45, 2.75) is 94.7 Å². The Balaban J connectivity index is 1.46. The van der Waals surface area contributed by atoms with E-state index in [1.807, 2.05) is 12.2 Å². The van der Waals surface area contributed by atoms with E-state index in [0.717, 1.165) is 24.8 Å². The van der Waals surface area contributed by atoms with Crippen molar-refractivity contribution in [1.29, 1.82) is 0 Å². The molecule has 0 unspecified atom stereocenters. The van der Waals surface area contributed by atoms with Crippen molar-refractivity contribution < 1.29 is 37.1 Å². The standard InChI is InChI=1S/C34H45N5O8S/c1-5-23-14-16-34(23,31(42)38-48(44,45)25-12-13-25)37-29(40)26-19-24-21-39(26)30(41)28(33(2,3)4)36-32(43)46-18-10-8-6-7-9-11-22-20-35-17-15-27(22)47-24/h5,9,11,14-17,20,23-26,28H,1,6-8,10,12-13,18-19,21H2,2-4H3,(H,36,43)(H,37,40)(H,38,42)/b11-9+/t23-,24-,26+,28-,34-/m1/s1. The Labute approximate surface area is 281 Å². The Morgan fingerprint density at radius 2 is 1.96 bits per heavy atom. The first-order valence-electron chi connectivity index (χ1n) is 16.5.